The van der Waals surface area contributed by atoms with Gasteiger partial charge < -0.3 is 15.2 Å². The normalized spacial score (nSPS) is 10.2. The molecule has 0 atom stereocenters. The molecule has 2 rings (SSSR count). The SMILES string of the molecule is CCOC(=O)c1ccc(N)c(Oc2cc(Br)ccc2C)c1. The van der Waals surface area contributed by atoms with Crippen molar-refractivity contribution in [2.45, 2.75) is 13.8 Å². The Bertz CT molecular complexity index is 671. The summed E-state index contributed by atoms with van der Waals surface area (Å²) in [6.07, 6.45) is 0. The number of aryl methyl sites for hydroxylation is 1. The fraction of sp³-hybridized carbons (Fsp3) is 0.188. The highest BCUT2D eigenvalue weighted by Crippen LogP contribution is 2.32. The van der Waals surface area contributed by atoms with Gasteiger partial charge in [-0.2, -0.15) is 0 Å². The standard InChI is InChI=1S/C16H16BrNO3/c1-3-20-16(19)11-5-7-13(18)15(8-11)21-14-9-12(17)6-4-10(14)2/h4-9H,3,18H2,1-2H3. The molecule has 0 fully saturated rings. The Hall–Kier alpha value is -2.01. The summed E-state index contributed by atoms with van der Waals surface area (Å²) in [6, 6.07) is 10.6. The van der Waals surface area contributed by atoms with E-state index < -0.39 is 5.97 Å². The fourth-order valence-electron chi connectivity index (χ4n) is 1.77. The summed E-state index contributed by atoms with van der Waals surface area (Å²) in [4.78, 5) is 11.8. The first-order valence-corrected chi connectivity index (χ1v) is 7.31. The van der Waals surface area contributed by atoms with Crippen LogP contribution in [0.4, 0.5) is 5.69 Å². The molecule has 110 valence electrons. The summed E-state index contributed by atoms with van der Waals surface area (Å²) in [5, 5.41) is 0. The van der Waals surface area contributed by atoms with E-state index in [1.807, 2.05) is 25.1 Å². The van der Waals surface area contributed by atoms with E-state index in [9.17, 15) is 4.79 Å². The molecule has 0 saturated carbocycles. The van der Waals surface area contributed by atoms with Crippen LogP contribution >= 0.6 is 15.9 Å². The van der Waals surface area contributed by atoms with Crippen molar-refractivity contribution in [1.29, 1.82) is 0 Å². The molecule has 0 spiro atoms. The van der Waals surface area contributed by atoms with Gasteiger partial charge in [0, 0.05) is 4.47 Å². The second-order valence-corrected chi connectivity index (χ2v) is 5.40. The van der Waals surface area contributed by atoms with Crippen LogP contribution in [0.15, 0.2) is 40.9 Å². The summed E-state index contributed by atoms with van der Waals surface area (Å²) in [5.74, 6) is 0.715. The molecule has 0 heterocycles. The molecule has 2 N–H and O–H groups in total. The molecular formula is C16H16BrNO3. The van der Waals surface area contributed by atoms with Gasteiger partial charge in [-0.15, -0.1) is 0 Å². The molecule has 21 heavy (non-hydrogen) atoms. The van der Waals surface area contributed by atoms with Gasteiger partial charge in [0.15, 0.2) is 5.75 Å². The molecule has 0 aliphatic rings. The van der Waals surface area contributed by atoms with Gasteiger partial charge in [0.1, 0.15) is 5.75 Å². The summed E-state index contributed by atoms with van der Waals surface area (Å²) in [6.45, 7) is 4.02. The first-order chi connectivity index (χ1) is 10.0. The Balaban J connectivity index is 2.33. The number of hydrogen-bond donors (Lipinski definition) is 1. The monoisotopic (exact) mass is 349 g/mol. The second kappa shape index (κ2) is 6.63. The first-order valence-electron chi connectivity index (χ1n) is 6.52. The molecule has 0 saturated heterocycles. The molecular weight excluding hydrogens is 334 g/mol. The number of rotatable bonds is 4. The Morgan fingerprint density at radius 3 is 2.67 bits per heavy atom. The van der Waals surface area contributed by atoms with Crippen molar-refractivity contribution in [3.63, 3.8) is 0 Å². The van der Waals surface area contributed by atoms with Crippen LogP contribution in [0.25, 0.3) is 0 Å². The minimum Gasteiger partial charge on any atom is -0.462 e. The van der Waals surface area contributed by atoms with E-state index in [0.29, 0.717) is 29.4 Å². The van der Waals surface area contributed by atoms with Gasteiger partial charge in [0.05, 0.1) is 17.9 Å². The van der Waals surface area contributed by atoms with Gasteiger partial charge in [-0.25, -0.2) is 4.79 Å². The van der Waals surface area contributed by atoms with Crippen LogP contribution in [-0.2, 0) is 4.74 Å². The third kappa shape index (κ3) is 3.76. The molecule has 0 aromatic heterocycles. The van der Waals surface area contributed by atoms with E-state index >= 15 is 0 Å². The van der Waals surface area contributed by atoms with Crippen LogP contribution in [-0.4, -0.2) is 12.6 Å². The average molecular weight is 350 g/mol. The molecule has 5 heteroatoms. The maximum absolute atomic E-state index is 11.8. The van der Waals surface area contributed by atoms with Gasteiger partial charge in [0.2, 0.25) is 0 Å². The van der Waals surface area contributed by atoms with Gasteiger partial charge in [-0.1, -0.05) is 22.0 Å². The van der Waals surface area contributed by atoms with Gasteiger partial charge >= 0.3 is 5.97 Å². The number of nitrogen functional groups attached to an aromatic ring is 1. The number of anilines is 1. The van der Waals surface area contributed by atoms with Gasteiger partial charge in [0.25, 0.3) is 0 Å². The predicted molar refractivity (Wildman–Crippen MR) is 85.8 cm³/mol. The number of benzene rings is 2. The summed E-state index contributed by atoms with van der Waals surface area (Å²) in [5.41, 5.74) is 7.75. The number of carbonyl (C=O) groups excluding carboxylic acids is 1. The Morgan fingerprint density at radius 2 is 1.95 bits per heavy atom. The number of nitrogens with two attached hydrogens (primary N) is 1. The van der Waals surface area contributed by atoms with Crippen molar-refractivity contribution >= 4 is 27.6 Å². The molecule has 0 amide bonds. The Morgan fingerprint density at radius 1 is 1.19 bits per heavy atom. The zero-order chi connectivity index (χ0) is 15.4. The van der Waals surface area contributed by atoms with E-state index in [0.717, 1.165) is 10.0 Å². The highest BCUT2D eigenvalue weighted by molar-refractivity contribution is 9.10. The average Bonchev–Trinajstić information content (AvgIpc) is 2.45. The molecule has 4 nitrogen and oxygen atoms in total. The Labute approximate surface area is 132 Å². The second-order valence-electron chi connectivity index (χ2n) is 4.48. The Kier molecular flexibility index (Phi) is 4.85. The van der Waals surface area contributed by atoms with Crippen LogP contribution in [0, 0.1) is 6.92 Å². The van der Waals surface area contributed by atoms with Crippen molar-refractivity contribution in [3.8, 4) is 11.5 Å². The molecule has 0 unspecified atom stereocenters. The zero-order valence-electron chi connectivity index (χ0n) is 11.9. The fourth-order valence-corrected chi connectivity index (χ4v) is 2.11. The van der Waals surface area contributed by atoms with Crippen molar-refractivity contribution in [2.24, 2.45) is 0 Å². The zero-order valence-corrected chi connectivity index (χ0v) is 13.4. The summed E-state index contributed by atoms with van der Waals surface area (Å²) >= 11 is 3.40. The highest BCUT2D eigenvalue weighted by Gasteiger charge is 2.11. The maximum atomic E-state index is 11.8. The van der Waals surface area contributed by atoms with E-state index in [2.05, 4.69) is 15.9 Å². The van der Waals surface area contributed by atoms with E-state index in [1.165, 1.54) is 0 Å². The predicted octanol–water partition coefficient (Wildman–Crippen LogP) is 4.31. The van der Waals surface area contributed by atoms with Crippen LogP contribution in [0.3, 0.4) is 0 Å². The third-order valence-electron chi connectivity index (χ3n) is 2.89. The summed E-state index contributed by atoms with van der Waals surface area (Å²) < 4.78 is 11.7. The van der Waals surface area contributed by atoms with Crippen molar-refractivity contribution < 1.29 is 14.3 Å². The van der Waals surface area contributed by atoms with Crippen molar-refractivity contribution in [1.82, 2.24) is 0 Å². The number of hydrogen-bond acceptors (Lipinski definition) is 4. The lowest BCUT2D eigenvalue weighted by Crippen LogP contribution is -2.05. The lowest BCUT2D eigenvalue weighted by molar-refractivity contribution is 0.0526. The van der Waals surface area contributed by atoms with Crippen LogP contribution in [0.1, 0.15) is 22.8 Å². The largest absolute Gasteiger partial charge is 0.462 e. The topological polar surface area (TPSA) is 61.5 Å². The molecule has 2 aromatic carbocycles. The van der Waals surface area contributed by atoms with Crippen molar-refractivity contribution in [2.75, 3.05) is 12.3 Å². The number of esters is 1. The van der Waals surface area contributed by atoms with Gasteiger partial charge in [-0.05, 0) is 49.7 Å². The maximum Gasteiger partial charge on any atom is 0.338 e. The lowest BCUT2D eigenvalue weighted by Gasteiger charge is -2.12. The lowest BCUT2D eigenvalue weighted by atomic mass is 10.2. The quantitative estimate of drug-likeness (QED) is 0.659. The highest BCUT2D eigenvalue weighted by atomic mass is 79.9. The van der Waals surface area contributed by atoms with E-state index in [1.54, 1.807) is 25.1 Å². The van der Waals surface area contributed by atoms with Gasteiger partial charge in [-0.3, -0.25) is 0 Å². The third-order valence-corrected chi connectivity index (χ3v) is 3.39. The minimum atomic E-state index is -0.395. The minimum absolute atomic E-state index is 0.324. The van der Waals surface area contributed by atoms with E-state index in [-0.39, 0.29) is 0 Å². The molecule has 0 aliphatic heterocycles. The van der Waals surface area contributed by atoms with Crippen molar-refractivity contribution in [3.05, 3.63) is 52.0 Å². The molecule has 0 aliphatic carbocycles. The number of carbonyl (C=O) groups is 1. The number of halogens is 1. The van der Waals surface area contributed by atoms with Crippen LogP contribution in [0.2, 0.25) is 0 Å². The number of ether oxygens (including phenoxy) is 2. The molecule has 2 aromatic rings. The molecule has 0 radical (unpaired) electrons. The first kappa shape index (κ1) is 15.4. The van der Waals surface area contributed by atoms with Crippen LogP contribution < -0.4 is 10.5 Å². The smallest absolute Gasteiger partial charge is 0.338 e. The van der Waals surface area contributed by atoms with Crippen LogP contribution in [0.5, 0.6) is 11.5 Å². The van der Waals surface area contributed by atoms with E-state index in [4.69, 9.17) is 15.2 Å². The molecule has 0 bridgehead atoms. The summed E-state index contributed by atoms with van der Waals surface area (Å²) in [7, 11) is 0.